The Morgan fingerprint density at radius 3 is 2.41 bits per heavy atom. The van der Waals surface area contributed by atoms with Crippen molar-refractivity contribution >= 4 is 27.5 Å². The first-order chi connectivity index (χ1) is 15.5. The van der Waals surface area contributed by atoms with Gasteiger partial charge in [0.15, 0.2) is 0 Å². The van der Waals surface area contributed by atoms with E-state index in [1.807, 2.05) is 0 Å². The SMILES string of the molecule is CC(C)(OC(=O)Nc1ccc2c(c1)N(S(=O)(=O)c1ccnc(C(F)(F)F)c1)CCO2)C(F)(F)F. The summed E-state index contributed by atoms with van der Waals surface area (Å²) in [6, 6.07) is 4.82. The second-order valence-electron chi connectivity index (χ2n) is 7.51. The highest BCUT2D eigenvalue weighted by Crippen LogP contribution is 2.39. The highest BCUT2D eigenvalue weighted by molar-refractivity contribution is 7.92. The minimum atomic E-state index is -4.88. The number of aromatic nitrogens is 1. The first kappa shape index (κ1) is 25.4. The maximum absolute atomic E-state index is 13.1. The number of carbonyl (C=O) groups is 1. The Morgan fingerprint density at radius 2 is 1.79 bits per heavy atom. The van der Waals surface area contributed by atoms with Gasteiger partial charge in [-0.2, -0.15) is 26.3 Å². The molecule has 0 aliphatic carbocycles. The van der Waals surface area contributed by atoms with Gasteiger partial charge in [-0.15, -0.1) is 0 Å². The van der Waals surface area contributed by atoms with Crippen LogP contribution in [0.4, 0.5) is 42.5 Å². The Morgan fingerprint density at radius 1 is 1.12 bits per heavy atom. The predicted octanol–water partition coefficient (Wildman–Crippen LogP) is 4.58. The van der Waals surface area contributed by atoms with Crippen molar-refractivity contribution in [3.63, 3.8) is 0 Å². The molecule has 0 radical (unpaired) electrons. The second kappa shape index (κ2) is 8.52. The molecular formula is C19H17F6N3O5S. The molecule has 3 rings (SSSR count). The van der Waals surface area contributed by atoms with E-state index >= 15 is 0 Å². The fourth-order valence-corrected chi connectivity index (χ4v) is 4.27. The third kappa shape index (κ3) is 5.13. The number of pyridine rings is 1. The molecule has 0 unspecified atom stereocenters. The molecule has 34 heavy (non-hydrogen) atoms. The molecule has 1 amide bonds. The third-order valence-corrected chi connectivity index (χ3v) is 6.48. The van der Waals surface area contributed by atoms with E-state index in [1.54, 1.807) is 0 Å². The van der Waals surface area contributed by atoms with Crippen LogP contribution in [0, 0.1) is 0 Å². The number of amides is 1. The van der Waals surface area contributed by atoms with Crippen molar-refractivity contribution in [1.82, 2.24) is 4.98 Å². The van der Waals surface area contributed by atoms with Gasteiger partial charge in [-0.25, -0.2) is 13.2 Å². The molecule has 0 saturated carbocycles. The highest BCUT2D eigenvalue weighted by atomic mass is 32.2. The van der Waals surface area contributed by atoms with Crippen molar-refractivity contribution in [3.05, 3.63) is 42.2 Å². The Hall–Kier alpha value is -3.23. The van der Waals surface area contributed by atoms with Crippen molar-refractivity contribution in [3.8, 4) is 5.75 Å². The van der Waals surface area contributed by atoms with Gasteiger partial charge >= 0.3 is 18.4 Å². The lowest BCUT2D eigenvalue weighted by atomic mass is 10.1. The minimum Gasteiger partial charge on any atom is -0.489 e. The lowest BCUT2D eigenvalue weighted by Gasteiger charge is -2.31. The number of nitrogens with one attached hydrogen (secondary N) is 1. The highest BCUT2D eigenvalue weighted by Gasteiger charge is 2.51. The predicted molar refractivity (Wildman–Crippen MR) is 106 cm³/mol. The molecule has 0 saturated heterocycles. The van der Waals surface area contributed by atoms with Crippen molar-refractivity contribution < 1.29 is 49.0 Å². The smallest absolute Gasteiger partial charge is 0.433 e. The molecule has 0 fully saturated rings. The Labute approximate surface area is 189 Å². The molecule has 1 aromatic carbocycles. The van der Waals surface area contributed by atoms with E-state index in [2.05, 4.69) is 15.0 Å². The van der Waals surface area contributed by atoms with Crippen LogP contribution in [0.2, 0.25) is 0 Å². The van der Waals surface area contributed by atoms with Crippen LogP contribution in [0.5, 0.6) is 5.75 Å². The summed E-state index contributed by atoms with van der Waals surface area (Å²) in [5.41, 5.74) is -4.50. The van der Waals surface area contributed by atoms with Crippen LogP contribution in [-0.4, -0.2) is 44.4 Å². The topological polar surface area (TPSA) is 97.8 Å². The zero-order chi connectivity index (χ0) is 25.5. The van der Waals surface area contributed by atoms with Crippen molar-refractivity contribution in [2.45, 2.75) is 36.7 Å². The molecule has 15 heteroatoms. The summed E-state index contributed by atoms with van der Waals surface area (Å²) in [6.45, 7) is 0.878. The number of sulfonamides is 1. The van der Waals surface area contributed by atoms with E-state index in [0.717, 1.165) is 16.4 Å². The van der Waals surface area contributed by atoms with E-state index < -0.39 is 44.7 Å². The van der Waals surface area contributed by atoms with E-state index in [-0.39, 0.29) is 30.3 Å². The standard InChI is InChI=1S/C19H17F6N3O5S/c1-17(2,19(23,24)25)33-16(29)27-11-3-4-14-13(9-11)28(7-8-32-14)34(30,31)12-5-6-26-15(10-12)18(20,21)22/h3-6,9-10H,7-8H2,1-2H3,(H,27,29). The van der Waals surface area contributed by atoms with Crippen molar-refractivity contribution in [1.29, 1.82) is 0 Å². The van der Waals surface area contributed by atoms with Crippen LogP contribution >= 0.6 is 0 Å². The number of alkyl halides is 6. The van der Waals surface area contributed by atoms with Gasteiger partial charge in [0.2, 0.25) is 5.60 Å². The first-order valence-corrected chi connectivity index (χ1v) is 10.9. The number of hydrogen-bond acceptors (Lipinski definition) is 6. The summed E-state index contributed by atoms with van der Waals surface area (Å²) >= 11 is 0. The van der Waals surface area contributed by atoms with Gasteiger partial charge < -0.3 is 9.47 Å². The first-order valence-electron chi connectivity index (χ1n) is 9.42. The van der Waals surface area contributed by atoms with Gasteiger partial charge in [0, 0.05) is 11.9 Å². The summed E-state index contributed by atoms with van der Waals surface area (Å²) in [5, 5.41) is 2.06. The number of benzene rings is 1. The maximum atomic E-state index is 13.1. The van der Waals surface area contributed by atoms with Gasteiger partial charge in [-0.3, -0.25) is 14.6 Å². The van der Waals surface area contributed by atoms with Gasteiger partial charge in [-0.05, 0) is 44.2 Å². The zero-order valence-corrected chi connectivity index (χ0v) is 18.3. The van der Waals surface area contributed by atoms with Gasteiger partial charge in [-0.1, -0.05) is 0 Å². The molecule has 1 aliphatic heterocycles. The Bertz CT molecular complexity index is 1200. The Kier molecular flexibility index (Phi) is 6.37. The lowest BCUT2D eigenvalue weighted by molar-refractivity contribution is -0.242. The lowest BCUT2D eigenvalue weighted by Crippen LogP contribution is -2.44. The molecule has 0 atom stereocenters. The van der Waals surface area contributed by atoms with Crippen LogP contribution in [-0.2, 0) is 20.9 Å². The van der Waals surface area contributed by atoms with E-state index in [9.17, 15) is 39.6 Å². The summed E-state index contributed by atoms with van der Waals surface area (Å²) in [4.78, 5) is 14.4. The number of fused-ring (bicyclic) bond motifs is 1. The quantitative estimate of drug-likeness (QED) is 0.602. The average molecular weight is 513 g/mol. The van der Waals surface area contributed by atoms with E-state index in [4.69, 9.17) is 4.74 Å². The second-order valence-corrected chi connectivity index (χ2v) is 9.37. The normalized spacial score (nSPS) is 14.8. The van der Waals surface area contributed by atoms with Crippen LogP contribution in [0.1, 0.15) is 19.5 Å². The van der Waals surface area contributed by atoms with E-state index in [0.29, 0.717) is 26.1 Å². The third-order valence-electron chi connectivity index (χ3n) is 4.67. The Balaban J connectivity index is 1.92. The zero-order valence-electron chi connectivity index (χ0n) is 17.5. The molecule has 1 aromatic heterocycles. The van der Waals surface area contributed by atoms with E-state index in [1.165, 1.54) is 12.1 Å². The molecular weight excluding hydrogens is 496 g/mol. The number of rotatable bonds is 4. The minimum absolute atomic E-state index is 0.0227. The van der Waals surface area contributed by atoms with Gasteiger partial charge in [0.1, 0.15) is 18.1 Å². The number of anilines is 2. The summed E-state index contributed by atoms with van der Waals surface area (Å²) in [5.74, 6) is 0.0227. The molecule has 0 spiro atoms. The van der Waals surface area contributed by atoms with Crippen LogP contribution in [0.25, 0.3) is 0 Å². The fraction of sp³-hybridized carbons (Fsp3) is 0.368. The fourth-order valence-electron chi connectivity index (χ4n) is 2.81. The molecule has 2 heterocycles. The summed E-state index contributed by atoms with van der Waals surface area (Å²) in [7, 11) is -4.53. The van der Waals surface area contributed by atoms with Gasteiger partial charge in [0.25, 0.3) is 10.0 Å². The van der Waals surface area contributed by atoms with Gasteiger partial charge in [0.05, 0.1) is 17.1 Å². The maximum Gasteiger partial charge on any atom is 0.433 e. The number of nitrogens with zero attached hydrogens (tertiary/aromatic N) is 2. The molecule has 0 bridgehead atoms. The summed E-state index contributed by atoms with van der Waals surface area (Å²) < 4.78 is 114. The number of hydrogen-bond donors (Lipinski definition) is 1. The molecule has 1 N–H and O–H groups in total. The average Bonchev–Trinajstić information content (AvgIpc) is 2.71. The van der Waals surface area contributed by atoms with Crippen molar-refractivity contribution in [2.24, 2.45) is 0 Å². The van der Waals surface area contributed by atoms with Crippen LogP contribution in [0.15, 0.2) is 41.4 Å². The number of halogens is 6. The number of ether oxygens (including phenoxy) is 2. The van der Waals surface area contributed by atoms with Crippen LogP contribution < -0.4 is 14.4 Å². The molecule has 2 aromatic rings. The monoisotopic (exact) mass is 513 g/mol. The number of carbonyl (C=O) groups excluding carboxylic acids is 1. The molecule has 8 nitrogen and oxygen atoms in total. The molecule has 186 valence electrons. The van der Waals surface area contributed by atoms with Crippen molar-refractivity contribution in [2.75, 3.05) is 22.8 Å². The summed E-state index contributed by atoms with van der Waals surface area (Å²) in [6.07, 6.45) is -10.5. The molecule has 1 aliphatic rings. The largest absolute Gasteiger partial charge is 0.489 e. The van der Waals surface area contributed by atoms with Crippen LogP contribution in [0.3, 0.4) is 0 Å².